The maximum absolute atomic E-state index is 11.7. The molecule has 24 heavy (non-hydrogen) atoms. The molecule has 5 nitrogen and oxygen atoms in total. The highest BCUT2D eigenvalue weighted by Gasteiger charge is 2.47. The third-order valence-corrected chi connectivity index (χ3v) is 5.84. The Labute approximate surface area is 147 Å². The Kier molecular flexibility index (Phi) is 5.05. The summed E-state index contributed by atoms with van der Waals surface area (Å²) in [7, 11) is 0. The molecule has 0 aromatic carbocycles. The van der Waals surface area contributed by atoms with Crippen LogP contribution in [-0.4, -0.2) is 33.0 Å². The van der Waals surface area contributed by atoms with Gasteiger partial charge in [-0.3, -0.25) is 0 Å². The maximum atomic E-state index is 11.7. The van der Waals surface area contributed by atoms with Gasteiger partial charge in [0.1, 0.15) is 18.5 Å². The number of ether oxygens (including phenoxy) is 1. The summed E-state index contributed by atoms with van der Waals surface area (Å²) in [5, 5.41) is 34.4. The first kappa shape index (κ1) is 17.2. The van der Waals surface area contributed by atoms with Crippen molar-refractivity contribution in [3.63, 3.8) is 0 Å². The van der Waals surface area contributed by atoms with Crippen molar-refractivity contribution >= 4 is 28.6 Å². The lowest BCUT2D eigenvalue weighted by molar-refractivity contribution is -0.157. The van der Waals surface area contributed by atoms with E-state index in [4.69, 9.17) is 4.74 Å². The van der Waals surface area contributed by atoms with Crippen molar-refractivity contribution < 1.29 is 24.9 Å². The van der Waals surface area contributed by atoms with E-state index in [0.717, 1.165) is 9.75 Å². The number of aliphatic hydroxyl groups is 2. The summed E-state index contributed by atoms with van der Waals surface area (Å²) < 4.78 is 5.77. The summed E-state index contributed by atoms with van der Waals surface area (Å²) >= 11 is 2.99. The molecular weight excluding hydrogens is 348 g/mol. The van der Waals surface area contributed by atoms with Crippen molar-refractivity contribution in [2.75, 3.05) is 0 Å². The van der Waals surface area contributed by atoms with Gasteiger partial charge in [0.2, 0.25) is 0 Å². The molecule has 3 rings (SSSR count). The van der Waals surface area contributed by atoms with Crippen LogP contribution in [0.25, 0.3) is 0 Å². The monoisotopic (exact) mass is 366 g/mol. The molecule has 0 radical (unpaired) electrons. The summed E-state index contributed by atoms with van der Waals surface area (Å²) in [6, 6.07) is 7.54. The second-order valence-electron chi connectivity index (χ2n) is 5.69. The number of carboxylic acids is 1. The van der Waals surface area contributed by atoms with Crippen LogP contribution in [0, 0.1) is 0 Å². The van der Waals surface area contributed by atoms with Crippen LogP contribution in [0.15, 0.2) is 46.4 Å². The van der Waals surface area contributed by atoms with E-state index in [1.54, 1.807) is 0 Å². The SMILES string of the molecule is O=C(O)[C@@]1(O)CC[C@H](O)C(OCc2cccs2)=C1Cc1cccs1. The first-order valence-corrected chi connectivity index (χ1v) is 9.31. The number of thiophene rings is 2. The largest absolute Gasteiger partial charge is 0.490 e. The van der Waals surface area contributed by atoms with Crippen LogP contribution in [0.3, 0.4) is 0 Å². The molecule has 128 valence electrons. The van der Waals surface area contributed by atoms with E-state index >= 15 is 0 Å². The van der Waals surface area contributed by atoms with Crippen LogP contribution in [0.4, 0.5) is 0 Å². The Morgan fingerprint density at radius 1 is 1.25 bits per heavy atom. The molecular formula is C17H18O5S2. The van der Waals surface area contributed by atoms with E-state index in [1.165, 1.54) is 22.7 Å². The molecule has 0 amide bonds. The summed E-state index contributed by atoms with van der Waals surface area (Å²) in [6.45, 7) is 0.244. The van der Waals surface area contributed by atoms with E-state index in [-0.39, 0.29) is 37.2 Å². The van der Waals surface area contributed by atoms with E-state index in [9.17, 15) is 20.1 Å². The Bertz CT molecular complexity index is 720. The van der Waals surface area contributed by atoms with Gasteiger partial charge in [-0.1, -0.05) is 12.1 Å². The van der Waals surface area contributed by atoms with E-state index in [1.807, 2.05) is 35.0 Å². The topological polar surface area (TPSA) is 87.0 Å². The van der Waals surface area contributed by atoms with E-state index in [2.05, 4.69) is 0 Å². The molecule has 1 aliphatic carbocycles. The molecule has 7 heteroatoms. The molecule has 0 saturated heterocycles. The zero-order valence-electron chi connectivity index (χ0n) is 12.8. The van der Waals surface area contributed by atoms with Crippen LogP contribution in [0.1, 0.15) is 22.6 Å². The van der Waals surface area contributed by atoms with Gasteiger partial charge in [0.25, 0.3) is 0 Å². The number of rotatable bonds is 6. The minimum absolute atomic E-state index is 0.0317. The van der Waals surface area contributed by atoms with Crippen LogP contribution >= 0.6 is 22.7 Å². The molecule has 0 aliphatic heterocycles. The average molecular weight is 366 g/mol. The fourth-order valence-electron chi connectivity index (χ4n) is 2.82. The van der Waals surface area contributed by atoms with Crippen molar-refractivity contribution in [1.82, 2.24) is 0 Å². The van der Waals surface area contributed by atoms with E-state index in [0.29, 0.717) is 0 Å². The average Bonchev–Trinajstić information content (AvgIpc) is 3.23. The van der Waals surface area contributed by atoms with Gasteiger partial charge in [-0.25, -0.2) is 4.79 Å². The van der Waals surface area contributed by atoms with Crippen LogP contribution in [0.5, 0.6) is 0 Å². The summed E-state index contributed by atoms with van der Waals surface area (Å²) in [6.07, 6.45) is -0.538. The highest BCUT2D eigenvalue weighted by molar-refractivity contribution is 7.10. The highest BCUT2D eigenvalue weighted by atomic mass is 32.1. The van der Waals surface area contributed by atoms with Crippen molar-refractivity contribution in [2.24, 2.45) is 0 Å². The lowest BCUT2D eigenvalue weighted by Crippen LogP contribution is -2.46. The Morgan fingerprint density at radius 2 is 1.92 bits per heavy atom. The van der Waals surface area contributed by atoms with Crippen LogP contribution < -0.4 is 0 Å². The van der Waals surface area contributed by atoms with Gasteiger partial charge in [0.05, 0.1) is 0 Å². The zero-order chi connectivity index (χ0) is 17.2. The van der Waals surface area contributed by atoms with Gasteiger partial charge in [-0.2, -0.15) is 0 Å². The normalized spacial score (nSPS) is 24.2. The molecule has 0 fully saturated rings. The molecule has 2 aromatic rings. The second kappa shape index (κ2) is 7.06. The lowest BCUT2D eigenvalue weighted by atomic mass is 9.79. The minimum Gasteiger partial charge on any atom is -0.490 e. The molecule has 2 heterocycles. The first-order chi connectivity index (χ1) is 11.5. The summed E-state index contributed by atoms with van der Waals surface area (Å²) in [5.74, 6) is -1.12. The number of aliphatic hydroxyl groups excluding tert-OH is 1. The predicted molar refractivity (Wildman–Crippen MR) is 92.0 cm³/mol. The molecule has 0 unspecified atom stereocenters. The number of carbonyl (C=O) groups is 1. The summed E-state index contributed by atoms with van der Waals surface area (Å²) in [4.78, 5) is 13.6. The maximum Gasteiger partial charge on any atom is 0.340 e. The van der Waals surface area contributed by atoms with Crippen molar-refractivity contribution in [1.29, 1.82) is 0 Å². The molecule has 2 atom stereocenters. The number of hydrogen-bond acceptors (Lipinski definition) is 6. The molecule has 3 N–H and O–H groups in total. The molecule has 0 saturated carbocycles. The Morgan fingerprint density at radius 3 is 2.50 bits per heavy atom. The highest BCUT2D eigenvalue weighted by Crippen LogP contribution is 2.38. The third kappa shape index (κ3) is 3.39. The fourth-order valence-corrected chi connectivity index (χ4v) is 4.15. The van der Waals surface area contributed by atoms with Crippen molar-refractivity contribution in [3.05, 3.63) is 56.1 Å². The number of hydrogen-bond donors (Lipinski definition) is 3. The molecule has 0 spiro atoms. The Hall–Kier alpha value is -1.67. The minimum atomic E-state index is -2.01. The van der Waals surface area contributed by atoms with Gasteiger partial charge < -0.3 is 20.1 Å². The fraction of sp³-hybridized carbons (Fsp3) is 0.353. The van der Waals surface area contributed by atoms with Gasteiger partial charge in [0.15, 0.2) is 5.60 Å². The van der Waals surface area contributed by atoms with Gasteiger partial charge in [-0.05, 0) is 35.7 Å². The standard InChI is InChI=1S/C17H18O5S2/c18-14-5-6-17(21,16(19)20)13(9-11-3-1-7-23-11)15(14)22-10-12-4-2-8-24-12/h1-4,7-8,14,18,21H,5-6,9-10H2,(H,19,20)/t14-,17+/m0/s1. The lowest BCUT2D eigenvalue weighted by Gasteiger charge is -2.35. The van der Waals surface area contributed by atoms with Gasteiger partial charge in [0, 0.05) is 21.7 Å². The smallest absolute Gasteiger partial charge is 0.340 e. The van der Waals surface area contributed by atoms with E-state index < -0.39 is 17.7 Å². The third-order valence-electron chi connectivity index (χ3n) is 4.11. The van der Waals surface area contributed by atoms with Gasteiger partial charge in [-0.15, -0.1) is 22.7 Å². The quantitative estimate of drug-likeness (QED) is 0.732. The predicted octanol–water partition coefficient (Wildman–Crippen LogP) is 2.79. The molecule has 1 aliphatic rings. The molecule has 2 aromatic heterocycles. The number of carboxylic acid groups (broad SMARTS) is 1. The second-order valence-corrected chi connectivity index (χ2v) is 7.75. The summed E-state index contributed by atoms with van der Waals surface area (Å²) in [5.41, 5.74) is -1.76. The van der Waals surface area contributed by atoms with Crippen molar-refractivity contribution in [2.45, 2.75) is 37.6 Å². The Balaban J connectivity index is 1.96. The first-order valence-electron chi connectivity index (χ1n) is 7.55. The number of aliphatic carboxylic acids is 1. The van der Waals surface area contributed by atoms with Crippen molar-refractivity contribution in [3.8, 4) is 0 Å². The van der Waals surface area contributed by atoms with Crippen LogP contribution in [-0.2, 0) is 22.6 Å². The molecule has 0 bridgehead atoms. The van der Waals surface area contributed by atoms with Gasteiger partial charge >= 0.3 is 5.97 Å². The van der Waals surface area contributed by atoms with Crippen LogP contribution in [0.2, 0.25) is 0 Å². The zero-order valence-corrected chi connectivity index (χ0v) is 14.5.